The lowest BCUT2D eigenvalue weighted by atomic mass is 9.94. The molecule has 1 aromatic heterocycles. The summed E-state index contributed by atoms with van der Waals surface area (Å²) in [6, 6.07) is 9.51. The molecule has 1 aliphatic carbocycles. The second-order valence-electron chi connectivity index (χ2n) is 7.59. The third-order valence-corrected chi connectivity index (χ3v) is 5.69. The van der Waals surface area contributed by atoms with Crippen molar-refractivity contribution in [2.75, 3.05) is 13.1 Å². The van der Waals surface area contributed by atoms with Crippen LogP contribution in [-0.4, -0.2) is 29.0 Å². The molecule has 1 saturated carbocycles. The summed E-state index contributed by atoms with van der Waals surface area (Å²) >= 11 is 0. The van der Waals surface area contributed by atoms with Crippen molar-refractivity contribution in [3.05, 3.63) is 65.0 Å². The summed E-state index contributed by atoms with van der Waals surface area (Å²) in [5.41, 5.74) is 1.29. The molecule has 1 aromatic carbocycles. The number of nitrogens with one attached hydrogen (secondary N) is 1. The first-order chi connectivity index (χ1) is 13.0. The minimum Gasteiger partial charge on any atom is -0.337 e. The summed E-state index contributed by atoms with van der Waals surface area (Å²) in [7, 11) is 0. The van der Waals surface area contributed by atoms with E-state index >= 15 is 0 Å². The van der Waals surface area contributed by atoms with Crippen LogP contribution in [0.2, 0.25) is 0 Å². The van der Waals surface area contributed by atoms with Crippen LogP contribution in [0.3, 0.4) is 0 Å². The van der Waals surface area contributed by atoms with Crippen molar-refractivity contribution in [3.8, 4) is 0 Å². The van der Waals surface area contributed by atoms with E-state index in [-0.39, 0.29) is 24.2 Å². The zero-order chi connectivity index (χ0) is 19.0. The Kier molecular flexibility index (Phi) is 4.58. The highest BCUT2D eigenvalue weighted by Crippen LogP contribution is 2.49. The van der Waals surface area contributed by atoms with Crippen LogP contribution in [0.4, 0.5) is 13.6 Å². The van der Waals surface area contributed by atoms with Gasteiger partial charge in [-0.05, 0) is 56.9 Å². The number of urea groups is 1. The molecule has 1 atom stereocenters. The Hall–Kier alpha value is -2.50. The van der Waals surface area contributed by atoms with Crippen molar-refractivity contribution in [2.24, 2.45) is 0 Å². The summed E-state index contributed by atoms with van der Waals surface area (Å²) in [5, 5.41) is 2.92. The zero-order valence-corrected chi connectivity index (χ0v) is 15.3. The number of likely N-dealkylation sites (tertiary alicyclic amines) is 1. The van der Waals surface area contributed by atoms with Crippen molar-refractivity contribution in [2.45, 2.75) is 44.1 Å². The fourth-order valence-electron chi connectivity index (χ4n) is 4.08. The maximum Gasteiger partial charge on any atom is 0.317 e. The molecule has 0 radical (unpaired) electrons. The quantitative estimate of drug-likeness (QED) is 0.873. The lowest BCUT2D eigenvalue weighted by Gasteiger charge is -2.26. The van der Waals surface area contributed by atoms with E-state index in [9.17, 15) is 13.6 Å². The minimum atomic E-state index is -0.623. The van der Waals surface area contributed by atoms with E-state index < -0.39 is 17.0 Å². The number of nitrogens with zero attached hydrogens (tertiary/aromatic N) is 2. The normalized spacial score (nSPS) is 20.6. The number of benzene rings is 1. The number of aromatic nitrogens is 1. The molecule has 27 heavy (non-hydrogen) atoms. The number of hydrogen-bond donors (Lipinski definition) is 1. The molecule has 6 heteroatoms. The predicted molar refractivity (Wildman–Crippen MR) is 98.3 cm³/mol. The van der Waals surface area contributed by atoms with Crippen LogP contribution in [0.5, 0.6) is 0 Å². The molecule has 1 saturated heterocycles. The van der Waals surface area contributed by atoms with E-state index in [0.29, 0.717) is 19.4 Å². The van der Waals surface area contributed by atoms with Gasteiger partial charge in [0.05, 0.1) is 11.7 Å². The van der Waals surface area contributed by atoms with Crippen molar-refractivity contribution in [1.29, 1.82) is 0 Å². The molecule has 1 aliphatic heterocycles. The van der Waals surface area contributed by atoms with Crippen LogP contribution in [0.15, 0.2) is 36.4 Å². The maximum absolute atomic E-state index is 14.2. The van der Waals surface area contributed by atoms with Gasteiger partial charge < -0.3 is 10.2 Å². The van der Waals surface area contributed by atoms with Gasteiger partial charge in [0.15, 0.2) is 0 Å². The van der Waals surface area contributed by atoms with Crippen LogP contribution in [0.1, 0.15) is 48.7 Å². The van der Waals surface area contributed by atoms with Crippen molar-refractivity contribution >= 4 is 6.03 Å². The van der Waals surface area contributed by atoms with Gasteiger partial charge in [-0.15, -0.1) is 0 Å². The average molecular weight is 371 g/mol. The third kappa shape index (κ3) is 3.40. The molecule has 2 aromatic rings. The SMILES string of the molecule is Cc1cccc([C@H]2CCCN2C(=O)NCC2(c3c(F)cccc3F)CC2)n1. The first-order valence-corrected chi connectivity index (χ1v) is 9.43. The second kappa shape index (κ2) is 6.91. The van der Waals surface area contributed by atoms with Gasteiger partial charge in [-0.2, -0.15) is 0 Å². The Labute approximate surface area is 157 Å². The Morgan fingerprint density at radius 3 is 2.59 bits per heavy atom. The second-order valence-corrected chi connectivity index (χ2v) is 7.59. The average Bonchev–Trinajstić information content (AvgIpc) is 3.25. The highest BCUT2D eigenvalue weighted by atomic mass is 19.1. The fourth-order valence-corrected chi connectivity index (χ4v) is 4.08. The number of hydrogen-bond acceptors (Lipinski definition) is 2. The third-order valence-electron chi connectivity index (χ3n) is 5.69. The van der Waals surface area contributed by atoms with Gasteiger partial charge in [0, 0.05) is 29.8 Å². The van der Waals surface area contributed by atoms with Crippen LogP contribution in [-0.2, 0) is 5.41 Å². The van der Waals surface area contributed by atoms with E-state index in [2.05, 4.69) is 10.3 Å². The number of pyridine rings is 1. The van der Waals surface area contributed by atoms with Gasteiger partial charge >= 0.3 is 6.03 Å². The van der Waals surface area contributed by atoms with Crippen LogP contribution in [0.25, 0.3) is 0 Å². The Morgan fingerprint density at radius 2 is 1.93 bits per heavy atom. The number of halogens is 2. The van der Waals surface area contributed by atoms with E-state index in [4.69, 9.17) is 0 Å². The molecular formula is C21H23F2N3O. The van der Waals surface area contributed by atoms with Crippen LogP contribution >= 0.6 is 0 Å². The van der Waals surface area contributed by atoms with Gasteiger partial charge in [0.2, 0.25) is 0 Å². The fraction of sp³-hybridized carbons (Fsp3) is 0.429. The largest absolute Gasteiger partial charge is 0.337 e. The van der Waals surface area contributed by atoms with E-state index in [1.807, 2.05) is 25.1 Å². The standard InChI is InChI=1S/C21H23F2N3O/c1-14-5-2-8-17(25-14)18-9-4-12-26(18)20(27)24-13-21(10-11-21)19-15(22)6-3-7-16(19)23/h2-3,5-8,18H,4,9-13H2,1H3,(H,24,27)/t18-/m1/s1. The van der Waals surface area contributed by atoms with Crippen LogP contribution in [0, 0.1) is 18.6 Å². The van der Waals surface area contributed by atoms with Gasteiger partial charge in [0.1, 0.15) is 11.6 Å². The summed E-state index contributed by atoms with van der Waals surface area (Å²) in [6.07, 6.45) is 3.14. The van der Waals surface area contributed by atoms with E-state index in [1.54, 1.807) is 4.90 Å². The first-order valence-electron chi connectivity index (χ1n) is 9.43. The van der Waals surface area contributed by atoms with Gasteiger partial charge in [-0.1, -0.05) is 12.1 Å². The number of rotatable bonds is 4. The smallest absolute Gasteiger partial charge is 0.317 e. The Morgan fingerprint density at radius 1 is 1.22 bits per heavy atom. The molecule has 4 nitrogen and oxygen atoms in total. The number of amides is 2. The highest BCUT2D eigenvalue weighted by Gasteiger charge is 2.48. The van der Waals surface area contributed by atoms with Crippen molar-refractivity contribution in [3.63, 3.8) is 0 Å². The minimum absolute atomic E-state index is 0.0507. The predicted octanol–water partition coefficient (Wildman–Crippen LogP) is 4.25. The van der Waals surface area contributed by atoms with Gasteiger partial charge in [0.25, 0.3) is 0 Å². The topological polar surface area (TPSA) is 45.2 Å². The van der Waals surface area contributed by atoms with E-state index in [0.717, 1.165) is 24.2 Å². The van der Waals surface area contributed by atoms with Gasteiger partial charge in [-0.3, -0.25) is 4.98 Å². The molecule has 142 valence electrons. The summed E-state index contributed by atoms with van der Waals surface area (Å²) in [4.78, 5) is 19.1. The molecule has 0 spiro atoms. The summed E-state index contributed by atoms with van der Waals surface area (Å²) < 4.78 is 28.3. The summed E-state index contributed by atoms with van der Waals surface area (Å²) in [6.45, 7) is 2.84. The Balaban J connectivity index is 1.46. The van der Waals surface area contributed by atoms with Crippen LogP contribution < -0.4 is 5.32 Å². The molecule has 1 N–H and O–H groups in total. The molecule has 2 amide bonds. The number of carbonyl (C=O) groups excluding carboxylic acids is 1. The number of aryl methyl sites for hydroxylation is 1. The molecule has 2 aliphatic rings. The molecular weight excluding hydrogens is 348 g/mol. The van der Waals surface area contributed by atoms with Crippen molar-refractivity contribution < 1.29 is 13.6 Å². The van der Waals surface area contributed by atoms with E-state index in [1.165, 1.54) is 18.2 Å². The van der Waals surface area contributed by atoms with Gasteiger partial charge in [-0.25, -0.2) is 13.6 Å². The molecule has 2 heterocycles. The highest BCUT2D eigenvalue weighted by molar-refractivity contribution is 5.75. The monoisotopic (exact) mass is 371 g/mol. The summed E-state index contributed by atoms with van der Waals surface area (Å²) in [5.74, 6) is -1.07. The molecule has 4 rings (SSSR count). The lowest BCUT2D eigenvalue weighted by molar-refractivity contribution is 0.191. The molecule has 2 fully saturated rings. The zero-order valence-electron chi connectivity index (χ0n) is 15.3. The Bertz CT molecular complexity index is 846. The lowest BCUT2D eigenvalue weighted by Crippen LogP contribution is -2.43. The van der Waals surface area contributed by atoms with Crippen molar-refractivity contribution in [1.82, 2.24) is 15.2 Å². The molecule has 0 bridgehead atoms. The molecule has 0 unspecified atom stereocenters. The maximum atomic E-state index is 14.2. The first kappa shape index (κ1) is 17.9. The number of carbonyl (C=O) groups is 1.